The van der Waals surface area contributed by atoms with Gasteiger partial charge in [0.15, 0.2) is 16.6 Å². The first-order chi connectivity index (χ1) is 13.2. The van der Waals surface area contributed by atoms with E-state index in [2.05, 4.69) is 33.5 Å². The fourth-order valence-corrected chi connectivity index (χ4v) is 3.64. The average molecular weight is 385 g/mol. The van der Waals surface area contributed by atoms with Crippen molar-refractivity contribution in [2.75, 3.05) is 30.1 Å². The molecule has 0 unspecified atom stereocenters. The van der Waals surface area contributed by atoms with Gasteiger partial charge >= 0.3 is 0 Å². The van der Waals surface area contributed by atoms with Crippen LogP contribution in [0, 0.1) is 5.92 Å². The van der Waals surface area contributed by atoms with E-state index in [0.717, 1.165) is 47.6 Å². The zero-order valence-corrected chi connectivity index (χ0v) is 16.2. The monoisotopic (exact) mass is 384 g/mol. The molecule has 0 amide bonds. The molecule has 0 spiro atoms. The highest BCUT2D eigenvalue weighted by atomic mass is 32.1. The molecule has 1 fully saturated rings. The fourth-order valence-electron chi connectivity index (χ4n) is 3.45. The summed E-state index contributed by atoms with van der Waals surface area (Å²) in [6, 6.07) is 9.96. The van der Waals surface area contributed by atoms with Gasteiger partial charge in [0.2, 0.25) is 6.79 Å². The van der Waals surface area contributed by atoms with Crippen LogP contribution in [0.15, 0.2) is 36.5 Å². The third-order valence-electron chi connectivity index (χ3n) is 4.88. The Kier molecular flexibility index (Phi) is 5.29. The van der Waals surface area contributed by atoms with Gasteiger partial charge in [-0.3, -0.25) is 0 Å². The molecule has 0 bridgehead atoms. The molecule has 2 aromatic rings. The van der Waals surface area contributed by atoms with Crippen LogP contribution < -0.4 is 25.0 Å². The molecule has 0 radical (unpaired) electrons. The number of anilines is 2. The third-order valence-corrected chi connectivity index (χ3v) is 5.12. The largest absolute Gasteiger partial charge is 0.454 e. The topological polar surface area (TPSA) is 58.7 Å². The molecule has 2 N–H and O–H groups in total. The molecule has 27 heavy (non-hydrogen) atoms. The number of ether oxygens (including phenoxy) is 2. The molecule has 7 heteroatoms. The lowest BCUT2D eigenvalue weighted by atomic mass is 10.0. The quantitative estimate of drug-likeness (QED) is 0.782. The van der Waals surface area contributed by atoms with E-state index in [0.29, 0.717) is 11.7 Å². The molecular formula is C20H24N4O2S. The Morgan fingerprint density at radius 2 is 2.15 bits per heavy atom. The molecule has 0 aliphatic carbocycles. The first-order valence-electron chi connectivity index (χ1n) is 9.32. The smallest absolute Gasteiger partial charge is 0.231 e. The van der Waals surface area contributed by atoms with Crippen LogP contribution in [-0.4, -0.2) is 30.0 Å². The standard InChI is InChI=1S/C20H24N4O2S/c1-14-3-2-8-24(12-14)19-7-5-16(11-21-19)23-20(27)22-10-15-4-6-17-18(9-15)26-13-25-17/h4-7,9,11,14H,2-3,8,10,12-13H2,1H3,(H2,22,23,27)/t14-/m1/s1. The van der Waals surface area contributed by atoms with Crippen molar-refractivity contribution < 1.29 is 9.47 Å². The maximum absolute atomic E-state index is 5.40. The van der Waals surface area contributed by atoms with Gasteiger partial charge in [0, 0.05) is 19.6 Å². The van der Waals surface area contributed by atoms with Crippen LogP contribution in [0.1, 0.15) is 25.3 Å². The minimum absolute atomic E-state index is 0.283. The van der Waals surface area contributed by atoms with Gasteiger partial charge < -0.3 is 25.0 Å². The van der Waals surface area contributed by atoms with E-state index in [9.17, 15) is 0 Å². The summed E-state index contributed by atoms with van der Waals surface area (Å²) in [5.41, 5.74) is 1.96. The molecule has 4 rings (SSSR count). The fraction of sp³-hybridized carbons (Fsp3) is 0.400. The number of thiocarbonyl (C=S) groups is 1. The lowest BCUT2D eigenvalue weighted by Gasteiger charge is -2.31. The summed E-state index contributed by atoms with van der Waals surface area (Å²) in [6.07, 6.45) is 4.37. The van der Waals surface area contributed by atoms with Gasteiger partial charge in [-0.1, -0.05) is 13.0 Å². The summed E-state index contributed by atoms with van der Waals surface area (Å²) in [7, 11) is 0. The Morgan fingerprint density at radius 3 is 2.96 bits per heavy atom. The second-order valence-corrected chi connectivity index (χ2v) is 7.50. The van der Waals surface area contributed by atoms with E-state index < -0.39 is 0 Å². The van der Waals surface area contributed by atoms with Crippen LogP contribution in [0.25, 0.3) is 0 Å². The second-order valence-electron chi connectivity index (χ2n) is 7.09. The van der Waals surface area contributed by atoms with Crippen LogP contribution in [0.5, 0.6) is 11.5 Å². The molecule has 6 nitrogen and oxygen atoms in total. The maximum atomic E-state index is 5.40. The van der Waals surface area contributed by atoms with Crippen LogP contribution in [-0.2, 0) is 6.54 Å². The lowest BCUT2D eigenvalue weighted by molar-refractivity contribution is 0.174. The number of benzene rings is 1. The molecule has 1 saturated heterocycles. The van der Waals surface area contributed by atoms with Crippen molar-refractivity contribution in [3.8, 4) is 11.5 Å². The van der Waals surface area contributed by atoms with Crippen molar-refractivity contribution >= 4 is 28.8 Å². The van der Waals surface area contributed by atoms with Crippen molar-refractivity contribution in [3.05, 3.63) is 42.1 Å². The molecule has 1 atom stereocenters. The molecule has 3 heterocycles. The number of rotatable bonds is 4. The highest BCUT2D eigenvalue weighted by Crippen LogP contribution is 2.32. The van der Waals surface area contributed by atoms with E-state index >= 15 is 0 Å². The van der Waals surface area contributed by atoms with Crippen LogP contribution in [0.2, 0.25) is 0 Å². The van der Waals surface area contributed by atoms with Gasteiger partial charge in [0.25, 0.3) is 0 Å². The zero-order chi connectivity index (χ0) is 18.6. The van der Waals surface area contributed by atoms with E-state index in [1.165, 1.54) is 12.8 Å². The van der Waals surface area contributed by atoms with Crippen LogP contribution >= 0.6 is 12.2 Å². The average Bonchev–Trinajstić information content (AvgIpc) is 3.15. The number of aromatic nitrogens is 1. The highest BCUT2D eigenvalue weighted by molar-refractivity contribution is 7.80. The summed E-state index contributed by atoms with van der Waals surface area (Å²) in [5, 5.41) is 6.96. The van der Waals surface area contributed by atoms with Crippen molar-refractivity contribution in [2.45, 2.75) is 26.3 Å². The number of nitrogens with zero attached hydrogens (tertiary/aromatic N) is 2. The molecule has 2 aliphatic rings. The molecule has 142 valence electrons. The number of pyridine rings is 1. The SMILES string of the molecule is C[C@@H]1CCCN(c2ccc(NC(=S)NCc3ccc4c(c3)OCO4)cn2)C1. The number of piperidine rings is 1. The molecular weight excluding hydrogens is 360 g/mol. The van der Waals surface area contributed by atoms with E-state index in [-0.39, 0.29) is 6.79 Å². The van der Waals surface area contributed by atoms with Gasteiger partial charge in [-0.2, -0.15) is 0 Å². The predicted octanol–water partition coefficient (Wildman–Crippen LogP) is 3.53. The van der Waals surface area contributed by atoms with Gasteiger partial charge in [-0.05, 0) is 60.8 Å². The van der Waals surface area contributed by atoms with Crippen molar-refractivity contribution in [1.82, 2.24) is 10.3 Å². The Hall–Kier alpha value is -2.54. The highest BCUT2D eigenvalue weighted by Gasteiger charge is 2.17. The Balaban J connectivity index is 1.29. The maximum Gasteiger partial charge on any atom is 0.231 e. The number of hydrogen-bond donors (Lipinski definition) is 2. The normalized spacial score (nSPS) is 18.3. The summed E-state index contributed by atoms with van der Waals surface area (Å²) >= 11 is 5.39. The van der Waals surface area contributed by atoms with E-state index in [4.69, 9.17) is 21.7 Å². The predicted molar refractivity (Wildman–Crippen MR) is 110 cm³/mol. The lowest BCUT2D eigenvalue weighted by Crippen LogP contribution is -2.34. The molecule has 2 aliphatic heterocycles. The summed E-state index contributed by atoms with van der Waals surface area (Å²) in [5.74, 6) is 3.33. The molecule has 1 aromatic heterocycles. The summed E-state index contributed by atoms with van der Waals surface area (Å²) < 4.78 is 10.7. The summed E-state index contributed by atoms with van der Waals surface area (Å²) in [6.45, 7) is 5.35. The first kappa shape index (κ1) is 17.9. The van der Waals surface area contributed by atoms with Gasteiger partial charge in [0.1, 0.15) is 5.82 Å². The minimum atomic E-state index is 0.283. The zero-order valence-electron chi connectivity index (χ0n) is 15.4. The van der Waals surface area contributed by atoms with Crippen molar-refractivity contribution in [2.24, 2.45) is 5.92 Å². The second kappa shape index (κ2) is 8.00. The van der Waals surface area contributed by atoms with Crippen LogP contribution in [0.4, 0.5) is 11.5 Å². The number of fused-ring (bicyclic) bond motifs is 1. The van der Waals surface area contributed by atoms with Gasteiger partial charge in [-0.15, -0.1) is 0 Å². The van der Waals surface area contributed by atoms with Crippen molar-refractivity contribution in [1.29, 1.82) is 0 Å². The summed E-state index contributed by atoms with van der Waals surface area (Å²) in [4.78, 5) is 6.95. The molecule has 1 aromatic carbocycles. The van der Waals surface area contributed by atoms with E-state index in [1.807, 2.05) is 30.5 Å². The van der Waals surface area contributed by atoms with Gasteiger partial charge in [-0.25, -0.2) is 4.98 Å². The van der Waals surface area contributed by atoms with E-state index in [1.54, 1.807) is 0 Å². The third kappa shape index (κ3) is 4.42. The Morgan fingerprint density at radius 1 is 1.26 bits per heavy atom. The van der Waals surface area contributed by atoms with Crippen LogP contribution in [0.3, 0.4) is 0 Å². The first-order valence-corrected chi connectivity index (χ1v) is 9.72. The Bertz CT molecular complexity index is 812. The van der Waals surface area contributed by atoms with Crippen molar-refractivity contribution in [3.63, 3.8) is 0 Å². The number of hydrogen-bond acceptors (Lipinski definition) is 5. The minimum Gasteiger partial charge on any atom is -0.454 e. The molecule has 0 saturated carbocycles. The number of nitrogens with one attached hydrogen (secondary N) is 2. The Labute approximate surface area is 164 Å². The van der Waals surface area contributed by atoms with Gasteiger partial charge in [0.05, 0.1) is 11.9 Å².